The number of aromatic nitrogens is 1. The van der Waals surface area contributed by atoms with Crippen LogP contribution < -0.4 is 20.1 Å². The maximum absolute atomic E-state index is 13.0. The van der Waals surface area contributed by atoms with E-state index in [4.69, 9.17) is 9.47 Å². The van der Waals surface area contributed by atoms with E-state index >= 15 is 0 Å². The monoisotopic (exact) mass is 411 g/mol. The van der Waals surface area contributed by atoms with Gasteiger partial charge in [0.15, 0.2) is 11.5 Å². The standard InChI is InChI=1S/C21H21N3O4S/c1-13(15-7-4-5-9-22-15)23-20(25)14-11-17(27-2)18(28-3)12-16(14)24-21(26)19-8-6-10-29-19/h4-13H,1-3H3,(H,23,25)(H,24,26)/t13-/m0/s1. The topological polar surface area (TPSA) is 89.5 Å². The molecule has 29 heavy (non-hydrogen) atoms. The molecule has 0 radical (unpaired) electrons. The van der Waals surface area contributed by atoms with Gasteiger partial charge in [-0.3, -0.25) is 14.6 Å². The van der Waals surface area contributed by atoms with Crippen molar-refractivity contribution in [3.63, 3.8) is 0 Å². The molecule has 0 saturated carbocycles. The second-order valence-corrected chi connectivity index (χ2v) is 7.08. The summed E-state index contributed by atoms with van der Waals surface area (Å²) < 4.78 is 10.6. The zero-order chi connectivity index (χ0) is 20.8. The Morgan fingerprint density at radius 1 is 1.03 bits per heavy atom. The number of pyridine rings is 1. The van der Waals surface area contributed by atoms with Crippen LogP contribution in [0.5, 0.6) is 11.5 Å². The Kier molecular flexibility index (Phi) is 6.46. The number of carbonyl (C=O) groups is 2. The van der Waals surface area contributed by atoms with Crippen LogP contribution in [0.15, 0.2) is 54.0 Å². The summed E-state index contributed by atoms with van der Waals surface area (Å²) in [5.74, 6) is 0.116. The number of thiophene rings is 1. The number of anilines is 1. The first-order chi connectivity index (χ1) is 14.0. The molecule has 0 unspecified atom stereocenters. The summed E-state index contributed by atoms with van der Waals surface area (Å²) in [6.45, 7) is 1.84. The molecule has 0 fully saturated rings. The van der Waals surface area contributed by atoms with Gasteiger partial charge in [0.2, 0.25) is 0 Å². The summed E-state index contributed by atoms with van der Waals surface area (Å²) in [7, 11) is 2.98. The summed E-state index contributed by atoms with van der Waals surface area (Å²) >= 11 is 1.31. The third-order valence-corrected chi connectivity index (χ3v) is 5.11. The fourth-order valence-electron chi connectivity index (χ4n) is 2.74. The van der Waals surface area contributed by atoms with Gasteiger partial charge in [0.25, 0.3) is 11.8 Å². The molecule has 1 aromatic carbocycles. The summed E-state index contributed by atoms with van der Waals surface area (Å²) in [6.07, 6.45) is 1.67. The van der Waals surface area contributed by atoms with Crippen LogP contribution in [-0.4, -0.2) is 31.0 Å². The number of hydrogen-bond acceptors (Lipinski definition) is 6. The zero-order valence-corrected chi connectivity index (χ0v) is 17.1. The van der Waals surface area contributed by atoms with E-state index in [2.05, 4.69) is 15.6 Å². The molecule has 0 aliphatic rings. The lowest BCUT2D eigenvalue weighted by atomic mass is 10.1. The molecule has 3 rings (SSSR count). The minimum absolute atomic E-state index is 0.260. The zero-order valence-electron chi connectivity index (χ0n) is 16.3. The maximum Gasteiger partial charge on any atom is 0.265 e. The van der Waals surface area contributed by atoms with E-state index in [1.54, 1.807) is 30.5 Å². The lowest BCUT2D eigenvalue weighted by molar-refractivity contribution is 0.0939. The molecule has 0 aliphatic heterocycles. The molecule has 0 saturated heterocycles. The Bertz CT molecular complexity index is 991. The van der Waals surface area contributed by atoms with Gasteiger partial charge in [-0.25, -0.2) is 0 Å². The molecule has 0 aliphatic carbocycles. The van der Waals surface area contributed by atoms with Crippen molar-refractivity contribution in [2.45, 2.75) is 13.0 Å². The highest BCUT2D eigenvalue weighted by molar-refractivity contribution is 7.12. The first-order valence-corrected chi connectivity index (χ1v) is 9.74. The third-order valence-electron chi connectivity index (χ3n) is 4.24. The molecular weight excluding hydrogens is 390 g/mol. The SMILES string of the molecule is COc1cc(NC(=O)c2cccs2)c(C(=O)N[C@@H](C)c2ccccn2)cc1OC. The highest BCUT2D eigenvalue weighted by Crippen LogP contribution is 2.34. The van der Waals surface area contributed by atoms with E-state index < -0.39 is 0 Å². The number of hydrogen-bond donors (Lipinski definition) is 2. The van der Waals surface area contributed by atoms with Crippen molar-refractivity contribution in [1.82, 2.24) is 10.3 Å². The molecule has 1 atom stereocenters. The molecule has 7 nitrogen and oxygen atoms in total. The molecule has 2 aromatic heterocycles. The van der Waals surface area contributed by atoms with Gasteiger partial charge in [-0.2, -0.15) is 0 Å². The molecular formula is C21H21N3O4S. The molecule has 0 bridgehead atoms. The van der Waals surface area contributed by atoms with E-state index in [-0.39, 0.29) is 23.4 Å². The van der Waals surface area contributed by atoms with Gasteiger partial charge in [0.05, 0.1) is 42.1 Å². The van der Waals surface area contributed by atoms with Crippen molar-refractivity contribution in [1.29, 1.82) is 0 Å². The number of methoxy groups -OCH3 is 2. The van der Waals surface area contributed by atoms with Gasteiger partial charge in [-0.1, -0.05) is 12.1 Å². The van der Waals surface area contributed by atoms with Crippen LogP contribution in [0.25, 0.3) is 0 Å². The number of carbonyl (C=O) groups excluding carboxylic acids is 2. The number of nitrogens with zero attached hydrogens (tertiary/aromatic N) is 1. The Morgan fingerprint density at radius 3 is 2.41 bits per heavy atom. The van der Waals surface area contributed by atoms with Crippen molar-refractivity contribution in [2.24, 2.45) is 0 Å². The third kappa shape index (κ3) is 4.72. The van der Waals surface area contributed by atoms with Crippen molar-refractivity contribution >= 4 is 28.8 Å². The first-order valence-electron chi connectivity index (χ1n) is 8.86. The second kappa shape index (κ2) is 9.20. The largest absolute Gasteiger partial charge is 0.493 e. The van der Waals surface area contributed by atoms with Crippen molar-refractivity contribution in [3.05, 3.63) is 70.2 Å². The highest BCUT2D eigenvalue weighted by atomic mass is 32.1. The normalized spacial score (nSPS) is 11.4. The van der Waals surface area contributed by atoms with Crippen LogP contribution in [-0.2, 0) is 0 Å². The van der Waals surface area contributed by atoms with Crippen molar-refractivity contribution in [3.8, 4) is 11.5 Å². The predicted molar refractivity (Wildman–Crippen MR) is 112 cm³/mol. The molecule has 2 N–H and O–H groups in total. The van der Waals surface area contributed by atoms with Crippen molar-refractivity contribution < 1.29 is 19.1 Å². The highest BCUT2D eigenvalue weighted by Gasteiger charge is 2.21. The van der Waals surface area contributed by atoms with Crippen LogP contribution in [0.1, 0.15) is 38.7 Å². The van der Waals surface area contributed by atoms with Gasteiger partial charge in [0.1, 0.15) is 0 Å². The van der Waals surface area contributed by atoms with E-state index in [0.29, 0.717) is 22.1 Å². The molecule has 2 amide bonds. The lowest BCUT2D eigenvalue weighted by Crippen LogP contribution is -2.28. The van der Waals surface area contributed by atoms with E-state index in [1.165, 1.54) is 25.6 Å². The van der Waals surface area contributed by atoms with Gasteiger partial charge >= 0.3 is 0 Å². The maximum atomic E-state index is 13.0. The van der Waals surface area contributed by atoms with Crippen LogP contribution in [0, 0.1) is 0 Å². The molecule has 2 heterocycles. The molecule has 150 valence electrons. The Morgan fingerprint density at radius 2 is 1.79 bits per heavy atom. The minimum Gasteiger partial charge on any atom is -0.493 e. The first kappa shape index (κ1) is 20.3. The van der Waals surface area contributed by atoms with E-state index in [1.807, 2.05) is 30.5 Å². The summed E-state index contributed by atoms with van der Waals surface area (Å²) in [5, 5.41) is 7.51. The Hall–Kier alpha value is -3.39. The number of nitrogens with one attached hydrogen (secondary N) is 2. The average Bonchev–Trinajstić information content (AvgIpc) is 3.29. The molecule has 0 spiro atoms. The average molecular weight is 411 g/mol. The van der Waals surface area contributed by atoms with Crippen LogP contribution >= 0.6 is 11.3 Å². The number of rotatable bonds is 7. The number of amides is 2. The van der Waals surface area contributed by atoms with Crippen LogP contribution in [0.3, 0.4) is 0 Å². The van der Waals surface area contributed by atoms with Gasteiger partial charge in [-0.05, 0) is 36.6 Å². The summed E-state index contributed by atoms with van der Waals surface area (Å²) in [4.78, 5) is 30.3. The van der Waals surface area contributed by atoms with Gasteiger partial charge in [0, 0.05) is 12.3 Å². The minimum atomic E-state index is -0.370. The Balaban J connectivity index is 1.92. The Labute approximate surface area is 172 Å². The quantitative estimate of drug-likeness (QED) is 0.615. The fourth-order valence-corrected chi connectivity index (χ4v) is 3.36. The summed E-state index contributed by atoms with van der Waals surface area (Å²) in [6, 6.07) is 11.8. The number of benzene rings is 1. The lowest BCUT2D eigenvalue weighted by Gasteiger charge is -2.18. The van der Waals surface area contributed by atoms with Crippen LogP contribution in [0.4, 0.5) is 5.69 Å². The smallest absolute Gasteiger partial charge is 0.265 e. The molecule has 8 heteroatoms. The van der Waals surface area contributed by atoms with Crippen LogP contribution in [0.2, 0.25) is 0 Å². The second-order valence-electron chi connectivity index (χ2n) is 6.13. The number of ether oxygens (including phenoxy) is 2. The fraction of sp³-hybridized carbons (Fsp3) is 0.190. The van der Waals surface area contributed by atoms with E-state index in [0.717, 1.165) is 5.69 Å². The predicted octanol–water partition coefficient (Wildman–Crippen LogP) is 3.90. The van der Waals surface area contributed by atoms with E-state index in [9.17, 15) is 9.59 Å². The van der Waals surface area contributed by atoms with Gasteiger partial charge < -0.3 is 20.1 Å². The summed E-state index contributed by atoms with van der Waals surface area (Å²) in [5.41, 5.74) is 1.31. The van der Waals surface area contributed by atoms with Gasteiger partial charge in [-0.15, -0.1) is 11.3 Å². The molecule has 3 aromatic rings. The van der Waals surface area contributed by atoms with Crippen molar-refractivity contribution in [2.75, 3.05) is 19.5 Å².